The van der Waals surface area contributed by atoms with Crippen molar-refractivity contribution in [1.82, 2.24) is 0 Å². The Kier molecular flexibility index (Phi) is 9.47. The second-order valence-electron chi connectivity index (χ2n) is 9.71. The van der Waals surface area contributed by atoms with E-state index in [2.05, 4.69) is 4.18 Å². The van der Waals surface area contributed by atoms with E-state index in [0.29, 0.717) is 33.8 Å². The highest BCUT2D eigenvalue weighted by Gasteiger charge is 2.49. The quantitative estimate of drug-likeness (QED) is 0.133. The van der Waals surface area contributed by atoms with E-state index in [1.165, 1.54) is 19.2 Å². The smallest absolute Gasteiger partial charge is 0.497 e. The molecular weight excluding hydrogens is 658 g/mol. The largest absolute Gasteiger partial charge is 0.534 e. The highest BCUT2D eigenvalue weighted by atomic mass is 32.2. The first-order valence-corrected chi connectivity index (χ1v) is 14.5. The maximum atomic E-state index is 13.3. The lowest BCUT2D eigenvalue weighted by atomic mass is 9.77. The van der Waals surface area contributed by atoms with Gasteiger partial charge in [-0.1, -0.05) is 54.6 Å². The molecule has 0 amide bonds. The maximum Gasteiger partial charge on any atom is 0.534 e. The van der Waals surface area contributed by atoms with Crippen molar-refractivity contribution in [2.75, 3.05) is 14.2 Å². The standard InChI is InChI=1S/C29H23F3N2O5S.C2HF3O2/c1-37-21-13-10-19(11-14-21)28(25-9-4-3-8-23(25)27(33)34-28)20-12-15-26(39-40(35,36)29(30,31)32)24(17-20)18-6-5-7-22(16-18)38-2;3-2(4,5)1(6)7/h3-17H,1-2H3,(H2,33,34);(H,6,7). The molecule has 0 saturated carbocycles. The predicted molar refractivity (Wildman–Crippen MR) is 158 cm³/mol. The molecule has 1 atom stereocenters. The van der Waals surface area contributed by atoms with Crippen LogP contribution in [0, 0.1) is 0 Å². The zero-order chi connectivity index (χ0) is 34.8. The van der Waals surface area contributed by atoms with Crippen LogP contribution in [0.4, 0.5) is 26.3 Å². The van der Waals surface area contributed by atoms with Crippen molar-refractivity contribution in [2.45, 2.75) is 17.2 Å². The molecule has 1 unspecified atom stereocenters. The van der Waals surface area contributed by atoms with E-state index in [1.54, 1.807) is 49.6 Å². The number of ether oxygens (including phenoxy) is 2. The van der Waals surface area contributed by atoms with Crippen LogP contribution in [0.5, 0.6) is 17.2 Å². The topological polar surface area (TPSA) is 138 Å². The molecule has 16 heteroatoms. The zero-order valence-corrected chi connectivity index (χ0v) is 25.1. The van der Waals surface area contributed by atoms with Crippen molar-refractivity contribution in [3.63, 3.8) is 0 Å². The van der Waals surface area contributed by atoms with Crippen LogP contribution in [0.2, 0.25) is 0 Å². The predicted octanol–water partition coefficient (Wildman–Crippen LogP) is 6.24. The van der Waals surface area contributed by atoms with Crippen LogP contribution in [-0.2, 0) is 20.5 Å². The van der Waals surface area contributed by atoms with Crippen LogP contribution >= 0.6 is 0 Å². The summed E-state index contributed by atoms with van der Waals surface area (Å²) in [5.74, 6) is -1.98. The number of fused-ring (bicyclic) bond motifs is 1. The van der Waals surface area contributed by atoms with Crippen LogP contribution in [0.3, 0.4) is 0 Å². The number of halogens is 6. The molecule has 5 rings (SSSR count). The van der Waals surface area contributed by atoms with Crippen molar-refractivity contribution in [2.24, 2.45) is 10.7 Å². The van der Waals surface area contributed by atoms with Crippen LogP contribution in [0.1, 0.15) is 22.3 Å². The van der Waals surface area contributed by atoms with Gasteiger partial charge in [-0.15, -0.1) is 0 Å². The molecule has 0 fully saturated rings. The van der Waals surface area contributed by atoms with Gasteiger partial charge < -0.3 is 24.5 Å². The van der Waals surface area contributed by atoms with Crippen LogP contribution < -0.4 is 19.4 Å². The molecule has 1 heterocycles. The molecule has 47 heavy (non-hydrogen) atoms. The average molecular weight is 683 g/mol. The number of nitrogens with two attached hydrogens (primary N) is 1. The Bertz CT molecular complexity index is 1930. The molecule has 248 valence electrons. The molecule has 4 aromatic rings. The highest BCUT2D eigenvalue weighted by molar-refractivity contribution is 7.88. The van der Waals surface area contributed by atoms with E-state index in [0.717, 1.165) is 5.56 Å². The van der Waals surface area contributed by atoms with Gasteiger partial charge in [0.25, 0.3) is 0 Å². The molecule has 0 bridgehead atoms. The third kappa shape index (κ3) is 6.96. The third-order valence-electron chi connectivity index (χ3n) is 6.89. The molecule has 3 N–H and O–H groups in total. The summed E-state index contributed by atoms with van der Waals surface area (Å²) in [5.41, 5.74) is 2.65. The summed E-state index contributed by atoms with van der Waals surface area (Å²) in [5, 5.41) is 7.12. The van der Waals surface area contributed by atoms with Crippen molar-refractivity contribution >= 4 is 21.9 Å². The molecule has 9 nitrogen and oxygen atoms in total. The number of alkyl halides is 6. The van der Waals surface area contributed by atoms with Crippen LogP contribution in [0.25, 0.3) is 11.1 Å². The summed E-state index contributed by atoms with van der Waals surface area (Å²) >= 11 is 0. The number of benzene rings is 4. The van der Waals surface area contributed by atoms with E-state index in [9.17, 15) is 34.8 Å². The number of nitrogens with zero attached hydrogens (tertiary/aromatic N) is 1. The number of hydrogen-bond acceptors (Lipinski definition) is 8. The Hall–Kier alpha value is -5.25. The van der Waals surface area contributed by atoms with Gasteiger partial charge in [0.2, 0.25) is 0 Å². The summed E-state index contributed by atoms with van der Waals surface area (Å²) in [6.07, 6.45) is -5.08. The molecule has 0 saturated heterocycles. The minimum Gasteiger partial charge on any atom is -0.497 e. The fourth-order valence-electron chi connectivity index (χ4n) is 4.77. The molecule has 0 aromatic heterocycles. The Labute approximate surface area is 264 Å². The first kappa shape index (κ1) is 34.6. The van der Waals surface area contributed by atoms with Gasteiger partial charge in [-0.3, -0.25) is 0 Å². The SMILES string of the molecule is COc1ccc(C2(c3ccc(OS(=O)(=O)C(F)(F)F)c(-c4cccc(OC)c4)c3)N=C(N)c3ccccc32)cc1.O=C(O)C(F)(F)F. The number of aliphatic imine (C=N–C) groups is 1. The summed E-state index contributed by atoms with van der Waals surface area (Å²) in [7, 11) is -2.98. The Morgan fingerprint density at radius 3 is 1.96 bits per heavy atom. The number of methoxy groups -OCH3 is 2. The first-order chi connectivity index (χ1) is 21.9. The Morgan fingerprint density at radius 2 is 1.38 bits per heavy atom. The van der Waals surface area contributed by atoms with Crippen LogP contribution in [-0.4, -0.2) is 51.2 Å². The Morgan fingerprint density at radius 1 is 0.787 bits per heavy atom. The molecule has 1 aliphatic heterocycles. The monoisotopic (exact) mass is 682 g/mol. The van der Waals surface area contributed by atoms with Gasteiger partial charge >= 0.3 is 27.8 Å². The number of carboxylic acids is 1. The van der Waals surface area contributed by atoms with Crippen molar-refractivity contribution < 1.29 is 58.3 Å². The number of amidine groups is 1. The molecular formula is C31H24F6N2O7S. The lowest BCUT2D eigenvalue weighted by Gasteiger charge is -2.30. The fraction of sp³-hybridized carbons (Fsp3) is 0.161. The first-order valence-electron chi connectivity index (χ1n) is 13.1. The van der Waals surface area contributed by atoms with E-state index in [1.807, 2.05) is 36.4 Å². The number of carbonyl (C=O) groups is 1. The van der Waals surface area contributed by atoms with E-state index >= 15 is 0 Å². The van der Waals surface area contributed by atoms with Gasteiger partial charge in [-0.2, -0.15) is 34.8 Å². The van der Waals surface area contributed by atoms with Crippen molar-refractivity contribution in [3.05, 3.63) is 113 Å². The molecule has 0 radical (unpaired) electrons. The second kappa shape index (κ2) is 12.9. The third-order valence-corrected chi connectivity index (χ3v) is 7.86. The van der Waals surface area contributed by atoms with E-state index in [-0.39, 0.29) is 11.4 Å². The zero-order valence-electron chi connectivity index (χ0n) is 24.3. The maximum absolute atomic E-state index is 13.3. The molecule has 4 aromatic carbocycles. The van der Waals surface area contributed by atoms with Gasteiger partial charge in [-0.25, -0.2) is 9.79 Å². The summed E-state index contributed by atoms with van der Waals surface area (Å²) in [4.78, 5) is 13.8. The number of aliphatic carboxylic acids is 1. The van der Waals surface area contributed by atoms with Gasteiger partial charge in [0.1, 0.15) is 22.9 Å². The lowest BCUT2D eigenvalue weighted by molar-refractivity contribution is -0.192. The number of hydrogen-bond donors (Lipinski definition) is 2. The van der Waals surface area contributed by atoms with Crippen molar-refractivity contribution in [3.8, 4) is 28.4 Å². The molecule has 1 aliphatic rings. The minimum absolute atomic E-state index is 0.0789. The lowest BCUT2D eigenvalue weighted by Crippen LogP contribution is -2.28. The number of rotatable bonds is 7. The minimum atomic E-state index is -5.95. The summed E-state index contributed by atoms with van der Waals surface area (Å²) in [6.45, 7) is 0. The summed E-state index contributed by atoms with van der Waals surface area (Å²) < 4.78 is 111. The second-order valence-corrected chi connectivity index (χ2v) is 11.2. The molecule has 0 aliphatic carbocycles. The fourth-order valence-corrected chi connectivity index (χ4v) is 5.25. The van der Waals surface area contributed by atoms with Gasteiger partial charge in [0.05, 0.1) is 14.2 Å². The van der Waals surface area contributed by atoms with Gasteiger partial charge in [-0.05, 0) is 58.7 Å². The Balaban J connectivity index is 0.000000644. The van der Waals surface area contributed by atoms with Gasteiger partial charge in [0, 0.05) is 11.1 Å². The van der Waals surface area contributed by atoms with Gasteiger partial charge in [0.15, 0.2) is 5.75 Å². The normalized spacial score (nSPS) is 15.9. The summed E-state index contributed by atoms with van der Waals surface area (Å²) in [6, 6.07) is 25.2. The highest BCUT2D eigenvalue weighted by Crippen LogP contribution is 2.48. The average Bonchev–Trinajstić information content (AvgIpc) is 3.33. The van der Waals surface area contributed by atoms with E-state index in [4.69, 9.17) is 30.1 Å². The van der Waals surface area contributed by atoms with Crippen molar-refractivity contribution in [1.29, 1.82) is 0 Å². The molecule has 0 spiro atoms. The van der Waals surface area contributed by atoms with Crippen LogP contribution in [0.15, 0.2) is 96.0 Å². The van der Waals surface area contributed by atoms with E-state index < -0.39 is 39.1 Å². The number of carboxylic acid groups (broad SMARTS) is 1.